The number of halogens is 1. The first-order chi connectivity index (χ1) is 7.06. The van der Waals surface area contributed by atoms with Gasteiger partial charge in [0, 0.05) is 18.0 Å². The van der Waals surface area contributed by atoms with E-state index in [2.05, 4.69) is 36.1 Å². The van der Waals surface area contributed by atoms with E-state index in [4.69, 9.17) is 11.6 Å². The van der Waals surface area contributed by atoms with Gasteiger partial charge in [-0.2, -0.15) is 0 Å². The summed E-state index contributed by atoms with van der Waals surface area (Å²) in [6, 6.07) is 0. The van der Waals surface area contributed by atoms with Gasteiger partial charge in [0.15, 0.2) is 0 Å². The van der Waals surface area contributed by atoms with E-state index in [0.717, 1.165) is 30.2 Å². The zero-order valence-corrected chi connectivity index (χ0v) is 10.5. The van der Waals surface area contributed by atoms with Crippen molar-refractivity contribution in [3.05, 3.63) is 16.5 Å². The molecule has 0 saturated carbocycles. The highest BCUT2D eigenvalue weighted by atomic mass is 35.5. The Morgan fingerprint density at radius 2 is 2.00 bits per heavy atom. The lowest BCUT2D eigenvalue weighted by atomic mass is 10.2. The molecule has 0 aliphatic rings. The highest BCUT2D eigenvalue weighted by Gasteiger charge is 2.10. The average Bonchev–Trinajstić information content (AvgIpc) is 2.19. The summed E-state index contributed by atoms with van der Waals surface area (Å²) in [6.07, 6.45) is 1.07. The molecule has 15 heavy (non-hydrogen) atoms. The Balaban J connectivity index is 3.02. The maximum atomic E-state index is 6.05. The molecule has 3 nitrogen and oxygen atoms in total. The molecule has 0 radical (unpaired) electrons. The van der Waals surface area contributed by atoms with Crippen LogP contribution in [0.1, 0.15) is 44.5 Å². The van der Waals surface area contributed by atoms with E-state index in [1.54, 1.807) is 0 Å². The van der Waals surface area contributed by atoms with Crippen LogP contribution in [0.4, 0.5) is 5.82 Å². The van der Waals surface area contributed by atoms with Crippen LogP contribution in [0.25, 0.3) is 0 Å². The van der Waals surface area contributed by atoms with E-state index in [1.807, 2.05) is 6.92 Å². The van der Waals surface area contributed by atoms with Crippen LogP contribution < -0.4 is 5.32 Å². The van der Waals surface area contributed by atoms with E-state index in [9.17, 15) is 0 Å². The fraction of sp³-hybridized carbons (Fsp3) is 0.636. The maximum absolute atomic E-state index is 6.05. The Morgan fingerprint density at radius 3 is 2.53 bits per heavy atom. The van der Waals surface area contributed by atoms with Gasteiger partial charge in [-0.3, -0.25) is 0 Å². The first-order valence-corrected chi connectivity index (χ1v) is 5.72. The molecule has 0 bridgehead atoms. The van der Waals surface area contributed by atoms with Crippen molar-refractivity contribution in [2.24, 2.45) is 0 Å². The third-order valence-electron chi connectivity index (χ3n) is 2.16. The highest BCUT2D eigenvalue weighted by molar-refractivity contribution is 6.30. The van der Waals surface area contributed by atoms with Gasteiger partial charge in [-0.1, -0.05) is 32.4 Å². The fourth-order valence-electron chi connectivity index (χ4n) is 1.18. The lowest BCUT2D eigenvalue weighted by Gasteiger charge is -2.12. The van der Waals surface area contributed by atoms with Crippen LogP contribution >= 0.6 is 11.6 Å². The van der Waals surface area contributed by atoms with Gasteiger partial charge in [-0.15, -0.1) is 0 Å². The molecule has 0 aliphatic heterocycles. The third-order valence-corrected chi connectivity index (χ3v) is 2.53. The normalized spacial score (nSPS) is 10.8. The van der Waals surface area contributed by atoms with Crippen molar-refractivity contribution in [3.8, 4) is 0 Å². The molecule has 1 rings (SSSR count). The smallest absolute Gasteiger partial charge is 0.137 e. The maximum Gasteiger partial charge on any atom is 0.137 e. The number of hydrogen-bond acceptors (Lipinski definition) is 3. The topological polar surface area (TPSA) is 37.8 Å². The van der Waals surface area contributed by atoms with Gasteiger partial charge in [-0.05, 0) is 13.3 Å². The molecule has 0 saturated heterocycles. The molecule has 0 spiro atoms. The number of nitrogens with one attached hydrogen (secondary N) is 1. The first-order valence-electron chi connectivity index (χ1n) is 5.34. The minimum Gasteiger partial charge on any atom is -0.370 e. The molecule has 0 fully saturated rings. The number of aromatic nitrogens is 2. The lowest BCUT2D eigenvalue weighted by molar-refractivity contribution is 0.770. The predicted molar refractivity (Wildman–Crippen MR) is 64.6 cm³/mol. The number of nitrogens with zero attached hydrogens (tertiary/aromatic N) is 2. The zero-order chi connectivity index (χ0) is 11.4. The van der Waals surface area contributed by atoms with Crippen molar-refractivity contribution in [1.82, 2.24) is 9.97 Å². The monoisotopic (exact) mass is 227 g/mol. The van der Waals surface area contributed by atoms with Crippen molar-refractivity contribution in [1.29, 1.82) is 0 Å². The van der Waals surface area contributed by atoms with Gasteiger partial charge >= 0.3 is 0 Å². The summed E-state index contributed by atoms with van der Waals surface area (Å²) in [5.41, 5.74) is 0.925. The molecule has 0 aromatic carbocycles. The molecular formula is C11H18ClN3. The van der Waals surface area contributed by atoms with E-state index in [1.165, 1.54) is 0 Å². The van der Waals surface area contributed by atoms with Gasteiger partial charge in [0.1, 0.15) is 16.8 Å². The number of hydrogen-bond donors (Lipinski definition) is 1. The van der Waals surface area contributed by atoms with Gasteiger partial charge in [0.2, 0.25) is 0 Å². The molecule has 0 atom stereocenters. The van der Waals surface area contributed by atoms with E-state index in [-0.39, 0.29) is 0 Å². The molecule has 4 heteroatoms. The Kier molecular flexibility index (Phi) is 4.33. The van der Waals surface area contributed by atoms with E-state index in [0.29, 0.717) is 11.1 Å². The quantitative estimate of drug-likeness (QED) is 0.802. The lowest BCUT2D eigenvalue weighted by Crippen LogP contribution is -2.08. The van der Waals surface area contributed by atoms with Crippen LogP contribution in [-0.4, -0.2) is 16.5 Å². The molecule has 1 N–H and O–H groups in total. The van der Waals surface area contributed by atoms with Crippen molar-refractivity contribution in [2.75, 3.05) is 11.9 Å². The Morgan fingerprint density at radius 1 is 1.33 bits per heavy atom. The highest BCUT2D eigenvalue weighted by Crippen LogP contribution is 2.22. The number of rotatable bonds is 4. The standard InChI is InChI=1S/C11H18ClN3/c1-5-6-13-11-8(4)9(12)14-10(15-11)7(2)3/h7H,5-6H2,1-4H3,(H,13,14,15). The van der Waals surface area contributed by atoms with Crippen LogP contribution in [0.3, 0.4) is 0 Å². The first kappa shape index (κ1) is 12.2. The van der Waals surface area contributed by atoms with E-state index < -0.39 is 0 Å². The van der Waals surface area contributed by atoms with Gasteiger partial charge in [0.05, 0.1) is 0 Å². The summed E-state index contributed by atoms with van der Waals surface area (Å²) < 4.78 is 0. The fourth-order valence-corrected chi connectivity index (χ4v) is 1.36. The van der Waals surface area contributed by atoms with Crippen molar-refractivity contribution in [3.63, 3.8) is 0 Å². The molecule has 0 aliphatic carbocycles. The van der Waals surface area contributed by atoms with Crippen molar-refractivity contribution in [2.45, 2.75) is 40.0 Å². The van der Waals surface area contributed by atoms with Gasteiger partial charge in [0.25, 0.3) is 0 Å². The molecule has 1 aromatic heterocycles. The van der Waals surface area contributed by atoms with Gasteiger partial charge < -0.3 is 5.32 Å². The van der Waals surface area contributed by atoms with Crippen LogP contribution in [0.2, 0.25) is 5.15 Å². The van der Waals surface area contributed by atoms with Crippen LogP contribution in [-0.2, 0) is 0 Å². The second-order valence-electron chi connectivity index (χ2n) is 3.93. The Hall–Kier alpha value is -0.830. The molecular weight excluding hydrogens is 210 g/mol. The summed E-state index contributed by atoms with van der Waals surface area (Å²) in [6.45, 7) is 9.08. The largest absolute Gasteiger partial charge is 0.370 e. The summed E-state index contributed by atoms with van der Waals surface area (Å²) >= 11 is 6.05. The summed E-state index contributed by atoms with van der Waals surface area (Å²) in [5, 5.41) is 3.81. The molecule has 84 valence electrons. The second-order valence-corrected chi connectivity index (χ2v) is 4.29. The van der Waals surface area contributed by atoms with Crippen molar-refractivity contribution >= 4 is 17.4 Å². The predicted octanol–water partition coefficient (Wildman–Crippen LogP) is 3.38. The third kappa shape index (κ3) is 3.06. The minimum absolute atomic E-state index is 0.297. The summed E-state index contributed by atoms with van der Waals surface area (Å²) in [5.74, 6) is 1.95. The average molecular weight is 228 g/mol. The minimum atomic E-state index is 0.297. The zero-order valence-electron chi connectivity index (χ0n) is 9.76. The molecule has 0 unspecified atom stereocenters. The van der Waals surface area contributed by atoms with Gasteiger partial charge in [-0.25, -0.2) is 9.97 Å². The molecule has 0 amide bonds. The Labute approximate surface area is 96.3 Å². The van der Waals surface area contributed by atoms with Crippen LogP contribution in [0, 0.1) is 6.92 Å². The van der Waals surface area contributed by atoms with E-state index >= 15 is 0 Å². The van der Waals surface area contributed by atoms with Crippen LogP contribution in [0.15, 0.2) is 0 Å². The van der Waals surface area contributed by atoms with Crippen molar-refractivity contribution < 1.29 is 0 Å². The SMILES string of the molecule is CCCNc1nc(C(C)C)nc(Cl)c1C. The second kappa shape index (κ2) is 5.31. The Bertz CT molecular complexity index is 337. The number of anilines is 1. The molecule has 1 heterocycles. The summed E-state index contributed by atoms with van der Waals surface area (Å²) in [4.78, 5) is 8.72. The summed E-state index contributed by atoms with van der Waals surface area (Å²) in [7, 11) is 0. The van der Waals surface area contributed by atoms with Crippen LogP contribution in [0.5, 0.6) is 0 Å². The molecule has 1 aromatic rings.